The van der Waals surface area contributed by atoms with Gasteiger partial charge >= 0.3 is 6.18 Å². The molecule has 1 aromatic carbocycles. The zero-order valence-electron chi connectivity index (χ0n) is 10.7. The Bertz CT molecular complexity index is 491. The van der Waals surface area contributed by atoms with E-state index in [1.165, 1.54) is 0 Å². The predicted octanol–water partition coefficient (Wildman–Crippen LogP) is 1.75. The van der Waals surface area contributed by atoms with Crippen LogP contribution in [0.15, 0.2) is 24.3 Å². The first-order valence-electron chi connectivity index (χ1n) is 6.21. The lowest BCUT2D eigenvalue weighted by atomic mass is 10.2. The van der Waals surface area contributed by atoms with Crippen LogP contribution in [0.1, 0.15) is 12.0 Å². The molecule has 0 aliphatic carbocycles. The van der Waals surface area contributed by atoms with Crippen molar-refractivity contribution in [2.45, 2.75) is 25.2 Å². The number of alkyl halides is 3. The number of aliphatic hydroxyl groups is 1. The van der Waals surface area contributed by atoms with Gasteiger partial charge in [-0.05, 0) is 24.1 Å². The molecule has 110 valence electrons. The molecule has 1 fully saturated rings. The SMILES string of the molecule is O=C1C(Nc2cccc(CO)c2)CCN1CC(F)(F)F. The van der Waals surface area contributed by atoms with E-state index in [0.717, 1.165) is 4.90 Å². The van der Waals surface area contributed by atoms with Crippen LogP contribution in [0.5, 0.6) is 0 Å². The second-order valence-electron chi connectivity index (χ2n) is 4.72. The van der Waals surface area contributed by atoms with Gasteiger partial charge in [0.25, 0.3) is 0 Å². The summed E-state index contributed by atoms with van der Waals surface area (Å²) in [5.74, 6) is -0.545. The number of likely N-dealkylation sites (tertiary alicyclic amines) is 1. The molecule has 0 saturated carbocycles. The summed E-state index contributed by atoms with van der Waals surface area (Å²) in [6.45, 7) is -1.25. The maximum absolute atomic E-state index is 12.3. The van der Waals surface area contributed by atoms with Crippen LogP contribution in [0.25, 0.3) is 0 Å². The molecule has 1 atom stereocenters. The molecule has 4 nitrogen and oxygen atoms in total. The van der Waals surface area contributed by atoms with Crippen molar-refractivity contribution >= 4 is 11.6 Å². The zero-order chi connectivity index (χ0) is 14.8. The molecule has 1 saturated heterocycles. The maximum Gasteiger partial charge on any atom is 0.406 e. The van der Waals surface area contributed by atoms with Crippen LogP contribution in [0, 0.1) is 0 Å². The summed E-state index contributed by atoms with van der Waals surface area (Å²) < 4.78 is 36.9. The van der Waals surface area contributed by atoms with Crippen LogP contribution in [-0.2, 0) is 11.4 Å². The molecule has 1 aliphatic heterocycles. The number of nitrogens with one attached hydrogen (secondary N) is 1. The van der Waals surface area contributed by atoms with Crippen LogP contribution in [-0.4, -0.2) is 41.2 Å². The van der Waals surface area contributed by atoms with Gasteiger partial charge in [-0.3, -0.25) is 4.79 Å². The molecule has 0 bridgehead atoms. The van der Waals surface area contributed by atoms with Crippen molar-refractivity contribution in [3.05, 3.63) is 29.8 Å². The highest BCUT2D eigenvalue weighted by Gasteiger charge is 2.39. The molecule has 1 heterocycles. The topological polar surface area (TPSA) is 52.6 Å². The predicted molar refractivity (Wildman–Crippen MR) is 67.0 cm³/mol. The van der Waals surface area contributed by atoms with Gasteiger partial charge in [0.15, 0.2) is 0 Å². The van der Waals surface area contributed by atoms with Crippen LogP contribution in [0.3, 0.4) is 0 Å². The summed E-state index contributed by atoms with van der Waals surface area (Å²) in [5.41, 5.74) is 1.29. The summed E-state index contributed by atoms with van der Waals surface area (Å²) in [4.78, 5) is 12.7. The van der Waals surface area contributed by atoms with E-state index in [1.807, 2.05) is 0 Å². The van der Waals surface area contributed by atoms with Crippen molar-refractivity contribution < 1.29 is 23.1 Å². The summed E-state index contributed by atoms with van der Waals surface area (Å²) >= 11 is 0. The van der Waals surface area contributed by atoms with Crippen molar-refractivity contribution in [3.63, 3.8) is 0 Å². The summed E-state index contributed by atoms with van der Waals surface area (Å²) in [7, 11) is 0. The number of benzene rings is 1. The Kier molecular flexibility index (Phi) is 4.17. The fraction of sp³-hybridized carbons (Fsp3) is 0.462. The van der Waals surface area contributed by atoms with Crippen molar-refractivity contribution in [2.75, 3.05) is 18.4 Å². The van der Waals surface area contributed by atoms with Gasteiger partial charge in [-0.25, -0.2) is 0 Å². The number of carbonyl (C=O) groups excluding carboxylic acids is 1. The first-order chi connectivity index (χ1) is 9.39. The van der Waals surface area contributed by atoms with Crippen LogP contribution >= 0.6 is 0 Å². The van der Waals surface area contributed by atoms with Gasteiger partial charge in [0.05, 0.1) is 6.61 Å². The summed E-state index contributed by atoms with van der Waals surface area (Å²) in [6, 6.07) is 6.16. The smallest absolute Gasteiger partial charge is 0.392 e. The average Bonchev–Trinajstić information content (AvgIpc) is 2.70. The number of aliphatic hydroxyl groups excluding tert-OH is 1. The molecule has 1 unspecified atom stereocenters. The Morgan fingerprint density at radius 1 is 1.40 bits per heavy atom. The molecule has 0 radical (unpaired) electrons. The van der Waals surface area contributed by atoms with Crippen molar-refractivity contribution in [3.8, 4) is 0 Å². The number of hydrogen-bond acceptors (Lipinski definition) is 3. The maximum atomic E-state index is 12.3. The van der Waals surface area contributed by atoms with Gasteiger partial charge in [-0.1, -0.05) is 12.1 Å². The number of amides is 1. The van der Waals surface area contributed by atoms with E-state index in [-0.39, 0.29) is 13.2 Å². The minimum absolute atomic E-state index is 0.0930. The number of nitrogens with zero attached hydrogens (tertiary/aromatic N) is 1. The third-order valence-corrected chi connectivity index (χ3v) is 3.12. The third-order valence-electron chi connectivity index (χ3n) is 3.12. The highest BCUT2D eigenvalue weighted by molar-refractivity contribution is 5.86. The standard InChI is InChI=1S/C13H15F3N2O2/c14-13(15,16)8-18-5-4-11(12(18)20)17-10-3-1-2-9(6-10)7-19/h1-3,6,11,17,19H,4-5,7-8H2. The Balaban J connectivity index is 1.99. The Hall–Kier alpha value is -1.76. The van der Waals surface area contributed by atoms with E-state index in [4.69, 9.17) is 5.11 Å². The minimum atomic E-state index is -4.37. The van der Waals surface area contributed by atoms with Crippen molar-refractivity contribution in [1.29, 1.82) is 0 Å². The number of hydrogen-bond donors (Lipinski definition) is 2. The molecule has 1 aromatic rings. The largest absolute Gasteiger partial charge is 0.406 e. The molecule has 7 heteroatoms. The third kappa shape index (κ3) is 3.63. The molecule has 2 rings (SSSR count). The molecular weight excluding hydrogens is 273 g/mol. The molecule has 2 N–H and O–H groups in total. The average molecular weight is 288 g/mol. The van der Waals surface area contributed by atoms with Gasteiger partial charge in [0.1, 0.15) is 12.6 Å². The Morgan fingerprint density at radius 2 is 2.15 bits per heavy atom. The van der Waals surface area contributed by atoms with Gasteiger partial charge in [0, 0.05) is 12.2 Å². The Labute approximate surface area is 114 Å². The molecule has 0 spiro atoms. The molecule has 20 heavy (non-hydrogen) atoms. The minimum Gasteiger partial charge on any atom is -0.392 e. The van der Waals surface area contributed by atoms with Crippen LogP contribution in [0.2, 0.25) is 0 Å². The number of anilines is 1. The number of halogens is 3. The van der Waals surface area contributed by atoms with E-state index in [0.29, 0.717) is 17.7 Å². The van der Waals surface area contributed by atoms with E-state index < -0.39 is 24.7 Å². The van der Waals surface area contributed by atoms with E-state index in [2.05, 4.69) is 5.32 Å². The van der Waals surface area contributed by atoms with Crippen molar-refractivity contribution in [1.82, 2.24) is 4.90 Å². The second kappa shape index (κ2) is 5.70. The molecule has 1 aliphatic rings. The van der Waals surface area contributed by atoms with E-state index in [9.17, 15) is 18.0 Å². The first-order valence-corrected chi connectivity index (χ1v) is 6.21. The summed E-state index contributed by atoms with van der Waals surface area (Å²) in [5, 5.41) is 11.9. The highest BCUT2D eigenvalue weighted by Crippen LogP contribution is 2.23. The number of rotatable bonds is 4. The number of carbonyl (C=O) groups is 1. The summed E-state index contributed by atoms with van der Waals surface area (Å²) in [6.07, 6.45) is -4.04. The van der Waals surface area contributed by atoms with Gasteiger partial charge in [-0.15, -0.1) is 0 Å². The first kappa shape index (κ1) is 14.6. The second-order valence-corrected chi connectivity index (χ2v) is 4.72. The van der Waals surface area contributed by atoms with Crippen LogP contribution < -0.4 is 5.32 Å². The molecule has 0 aromatic heterocycles. The highest BCUT2D eigenvalue weighted by atomic mass is 19.4. The van der Waals surface area contributed by atoms with E-state index >= 15 is 0 Å². The quantitative estimate of drug-likeness (QED) is 0.887. The van der Waals surface area contributed by atoms with Gasteiger partial charge in [0.2, 0.25) is 5.91 Å². The molecule has 1 amide bonds. The van der Waals surface area contributed by atoms with Crippen LogP contribution in [0.4, 0.5) is 18.9 Å². The fourth-order valence-electron chi connectivity index (χ4n) is 2.21. The fourth-order valence-corrected chi connectivity index (χ4v) is 2.21. The van der Waals surface area contributed by atoms with E-state index in [1.54, 1.807) is 24.3 Å². The lowest BCUT2D eigenvalue weighted by Crippen LogP contribution is -2.39. The van der Waals surface area contributed by atoms with Gasteiger partial charge in [-0.2, -0.15) is 13.2 Å². The van der Waals surface area contributed by atoms with Gasteiger partial charge < -0.3 is 15.3 Å². The van der Waals surface area contributed by atoms with Crippen molar-refractivity contribution in [2.24, 2.45) is 0 Å². The zero-order valence-corrected chi connectivity index (χ0v) is 10.7. The molecular formula is C13H15F3N2O2. The lowest BCUT2D eigenvalue weighted by molar-refractivity contribution is -0.157. The normalized spacial score (nSPS) is 19.5. The Morgan fingerprint density at radius 3 is 2.80 bits per heavy atom. The monoisotopic (exact) mass is 288 g/mol. The lowest BCUT2D eigenvalue weighted by Gasteiger charge is -2.19.